The number of carbonyl (C=O) groups is 2. The second-order valence-electron chi connectivity index (χ2n) is 11.0. The Kier molecular flexibility index (Phi) is 8.52. The molecule has 2 atom stereocenters. The summed E-state index contributed by atoms with van der Waals surface area (Å²) in [6, 6.07) is 10.2. The van der Waals surface area contributed by atoms with E-state index >= 15 is 4.39 Å². The number of carbonyl (C=O) groups excluding carboxylic acids is 2. The fraction of sp³-hybridized carbons (Fsp3) is 0.483. The second kappa shape index (κ2) is 11.7. The minimum Gasteiger partial charge on any atom is -0.492 e. The molecule has 3 N–H and O–H groups in total. The predicted octanol–water partition coefficient (Wildman–Crippen LogP) is 3.26. The molecule has 2 aliphatic heterocycles. The second-order valence-corrected chi connectivity index (χ2v) is 11.0. The van der Waals surface area contributed by atoms with Gasteiger partial charge in [-0.05, 0) is 81.1 Å². The lowest BCUT2D eigenvalue weighted by atomic mass is 9.96. The van der Waals surface area contributed by atoms with Crippen LogP contribution in [0, 0.1) is 23.1 Å². The molecule has 2 heterocycles. The summed E-state index contributed by atoms with van der Waals surface area (Å²) >= 11 is 0. The summed E-state index contributed by atoms with van der Waals surface area (Å²) in [5, 5.41) is 19.6. The molecule has 2 aromatic rings. The van der Waals surface area contributed by atoms with Crippen molar-refractivity contribution in [2.75, 3.05) is 32.8 Å². The van der Waals surface area contributed by atoms with Gasteiger partial charge in [0.25, 0.3) is 5.91 Å². The van der Waals surface area contributed by atoms with E-state index in [9.17, 15) is 24.3 Å². The van der Waals surface area contributed by atoms with Gasteiger partial charge >= 0.3 is 0 Å². The van der Waals surface area contributed by atoms with Gasteiger partial charge in [-0.3, -0.25) is 9.59 Å². The minimum absolute atomic E-state index is 0.0167. The van der Waals surface area contributed by atoms with Crippen molar-refractivity contribution in [2.24, 2.45) is 11.7 Å². The van der Waals surface area contributed by atoms with E-state index in [4.69, 9.17) is 10.5 Å². The highest BCUT2D eigenvalue weighted by Gasteiger charge is 2.38. The number of nitriles is 1. The van der Waals surface area contributed by atoms with Crippen molar-refractivity contribution in [2.45, 2.75) is 50.9 Å². The van der Waals surface area contributed by atoms with Crippen molar-refractivity contribution < 1.29 is 28.2 Å². The van der Waals surface area contributed by atoms with Gasteiger partial charge in [0, 0.05) is 19.5 Å². The highest BCUT2D eigenvalue weighted by Crippen LogP contribution is 2.30. The summed E-state index contributed by atoms with van der Waals surface area (Å²) in [4.78, 5) is 27.8. The Labute approximate surface area is 226 Å². The summed E-state index contributed by atoms with van der Waals surface area (Å²) in [6.45, 7) is 5.52. The highest BCUT2D eigenvalue weighted by molar-refractivity contribution is 5.98. The van der Waals surface area contributed by atoms with Crippen molar-refractivity contribution in [3.8, 4) is 22.9 Å². The van der Waals surface area contributed by atoms with Crippen LogP contribution in [0.15, 0.2) is 36.4 Å². The number of halogens is 2. The van der Waals surface area contributed by atoms with Gasteiger partial charge in [-0.25, -0.2) is 8.78 Å². The standard InChI is InChI=1S/C29H34F2N4O4/c1-29(2,31)17-34-9-7-18(8-10-34)16-39-26-6-4-19(11-21(26)14-32)20-3-5-23(24(30)12-20)28(38)35-15-22(36)13-25(35)27(33)37/h3-6,11-12,18,22,25,36H,7-10,13,15-17H2,1-2H3,(H2,33,37)/t22-,25+/m1/s1. The van der Waals surface area contributed by atoms with E-state index in [-0.39, 0.29) is 18.5 Å². The maximum atomic E-state index is 15.0. The van der Waals surface area contributed by atoms with Crippen molar-refractivity contribution in [3.63, 3.8) is 0 Å². The Morgan fingerprint density at radius 3 is 2.46 bits per heavy atom. The average Bonchev–Trinajstić information content (AvgIpc) is 3.29. The molecule has 4 rings (SSSR count). The molecule has 208 valence electrons. The van der Waals surface area contributed by atoms with Crippen molar-refractivity contribution in [3.05, 3.63) is 53.3 Å². The van der Waals surface area contributed by atoms with Crippen LogP contribution in [-0.2, 0) is 4.79 Å². The topological polar surface area (TPSA) is 120 Å². The Morgan fingerprint density at radius 1 is 1.18 bits per heavy atom. The lowest BCUT2D eigenvalue weighted by Gasteiger charge is -2.34. The van der Waals surface area contributed by atoms with Crippen LogP contribution in [0.3, 0.4) is 0 Å². The number of ether oxygens (including phenoxy) is 1. The third-order valence-electron chi connectivity index (χ3n) is 7.28. The molecule has 0 spiro atoms. The SMILES string of the molecule is CC(C)(F)CN1CCC(COc2ccc(-c3ccc(C(=O)N4C[C@H](O)C[C@H]4C(N)=O)c(F)c3)cc2C#N)CC1. The Morgan fingerprint density at radius 2 is 1.85 bits per heavy atom. The number of likely N-dealkylation sites (tertiary alicyclic amines) is 2. The highest BCUT2D eigenvalue weighted by atomic mass is 19.1. The first kappa shape index (κ1) is 28.5. The molecule has 0 aromatic heterocycles. The fourth-order valence-corrected chi connectivity index (χ4v) is 5.30. The number of hydrogen-bond donors (Lipinski definition) is 2. The summed E-state index contributed by atoms with van der Waals surface area (Å²) in [6.07, 6.45) is 0.886. The zero-order chi connectivity index (χ0) is 28.3. The van der Waals surface area contributed by atoms with Crippen LogP contribution in [0.25, 0.3) is 11.1 Å². The molecule has 2 amide bonds. The molecular formula is C29H34F2N4O4. The van der Waals surface area contributed by atoms with Gasteiger partial charge in [0.1, 0.15) is 29.3 Å². The van der Waals surface area contributed by atoms with E-state index in [0.29, 0.717) is 41.5 Å². The van der Waals surface area contributed by atoms with Crippen LogP contribution >= 0.6 is 0 Å². The van der Waals surface area contributed by atoms with Gasteiger partial charge in [0.2, 0.25) is 5.91 Å². The normalized spacial score (nSPS) is 20.6. The maximum absolute atomic E-state index is 15.0. The molecule has 2 aliphatic rings. The van der Waals surface area contributed by atoms with Gasteiger partial charge in [-0.2, -0.15) is 5.26 Å². The third-order valence-corrected chi connectivity index (χ3v) is 7.28. The number of aliphatic hydroxyl groups is 1. The molecule has 10 heteroatoms. The number of β-amino-alcohol motifs (C(OH)–C–C–N with tert-alkyl or cyclic N) is 1. The number of benzene rings is 2. The molecule has 0 bridgehead atoms. The maximum Gasteiger partial charge on any atom is 0.257 e. The molecule has 8 nitrogen and oxygen atoms in total. The number of nitrogens with two attached hydrogens (primary N) is 1. The van der Waals surface area contributed by atoms with Crippen molar-refractivity contribution in [1.82, 2.24) is 9.80 Å². The van der Waals surface area contributed by atoms with Crippen LogP contribution in [0.5, 0.6) is 5.75 Å². The largest absolute Gasteiger partial charge is 0.492 e. The molecule has 0 aliphatic carbocycles. The van der Waals surface area contributed by atoms with Crippen LogP contribution < -0.4 is 10.5 Å². The monoisotopic (exact) mass is 540 g/mol. The minimum atomic E-state index is -1.23. The molecule has 2 fully saturated rings. The summed E-state index contributed by atoms with van der Waals surface area (Å²) in [5.74, 6) is -1.52. The molecular weight excluding hydrogens is 506 g/mol. The number of aliphatic hydroxyl groups excluding tert-OH is 1. The number of amides is 2. The summed E-state index contributed by atoms with van der Waals surface area (Å²) in [7, 11) is 0. The van der Waals surface area contributed by atoms with Gasteiger partial charge < -0.3 is 25.4 Å². The van der Waals surface area contributed by atoms with Crippen LogP contribution in [0.2, 0.25) is 0 Å². The number of alkyl halides is 1. The molecule has 2 saturated heterocycles. The Bertz CT molecular complexity index is 1260. The zero-order valence-electron chi connectivity index (χ0n) is 22.2. The Hall–Kier alpha value is -3.55. The third kappa shape index (κ3) is 6.91. The van der Waals surface area contributed by atoms with Crippen LogP contribution in [0.1, 0.15) is 49.0 Å². The molecule has 0 radical (unpaired) electrons. The number of piperidine rings is 1. The van der Waals surface area contributed by atoms with Crippen molar-refractivity contribution in [1.29, 1.82) is 5.26 Å². The van der Waals surface area contributed by atoms with Gasteiger partial charge in [0.05, 0.1) is 23.8 Å². The van der Waals surface area contributed by atoms with Gasteiger partial charge in [-0.15, -0.1) is 0 Å². The first-order chi connectivity index (χ1) is 18.4. The number of nitrogens with zero attached hydrogens (tertiary/aromatic N) is 3. The molecule has 39 heavy (non-hydrogen) atoms. The van der Waals surface area contributed by atoms with Gasteiger partial charge in [-0.1, -0.05) is 12.1 Å². The van der Waals surface area contributed by atoms with Crippen LogP contribution in [-0.4, -0.2) is 77.3 Å². The van der Waals surface area contributed by atoms with E-state index in [1.165, 1.54) is 12.1 Å². The van der Waals surface area contributed by atoms with Crippen LogP contribution in [0.4, 0.5) is 8.78 Å². The number of primary amides is 1. The van der Waals surface area contributed by atoms with Crippen molar-refractivity contribution >= 4 is 11.8 Å². The average molecular weight is 541 g/mol. The molecule has 0 unspecified atom stereocenters. The Balaban J connectivity index is 1.41. The first-order valence-corrected chi connectivity index (χ1v) is 13.1. The zero-order valence-corrected chi connectivity index (χ0v) is 22.2. The predicted molar refractivity (Wildman–Crippen MR) is 141 cm³/mol. The molecule has 0 saturated carbocycles. The fourth-order valence-electron chi connectivity index (χ4n) is 5.30. The summed E-state index contributed by atoms with van der Waals surface area (Å²) < 4.78 is 34.9. The van der Waals surface area contributed by atoms with E-state index in [2.05, 4.69) is 11.0 Å². The first-order valence-electron chi connectivity index (χ1n) is 13.1. The van der Waals surface area contributed by atoms with E-state index in [0.717, 1.165) is 30.8 Å². The summed E-state index contributed by atoms with van der Waals surface area (Å²) in [5.41, 5.74) is 5.23. The van der Waals surface area contributed by atoms with E-state index in [1.807, 2.05) is 0 Å². The quantitative estimate of drug-likeness (QED) is 0.531. The lowest BCUT2D eigenvalue weighted by Crippen LogP contribution is -2.44. The molecule has 2 aromatic carbocycles. The van der Waals surface area contributed by atoms with E-state index in [1.54, 1.807) is 38.1 Å². The van der Waals surface area contributed by atoms with E-state index < -0.39 is 35.4 Å². The van der Waals surface area contributed by atoms with Gasteiger partial charge in [0.15, 0.2) is 0 Å². The smallest absolute Gasteiger partial charge is 0.257 e. The number of hydrogen-bond acceptors (Lipinski definition) is 6. The number of rotatable bonds is 8. The lowest BCUT2D eigenvalue weighted by molar-refractivity contribution is -0.121.